The lowest BCUT2D eigenvalue weighted by atomic mass is 10.2. The molecule has 0 aliphatic heterocycles. The number of ether oxygens (including phenoxy) is 2. The van der Waals surface area contributed by atoms with Crippen molar-refractivity contribution in [2.75, 3.05) is 7.11 Å². The zero-order valence-electron chi connectivity index (χ0n) is 9.34. The minimum Gasteiger partial charge on any atom is -0.493 e. The smallest absolute Gasteiger partial charge is 0.344 e. The van der Waals surface area contributed by atoms with Crippen LogP contribution in [0, 0.1) is 0 Å². The van der Waals surface area contributed by atoms with Crippen molar-refractivity contribution in [1.82, 2.24) is 0 Å². The Morgan fingerprint density at radius 3 is 2.35 bits per heavy atom. The summed E-state index contributed by atoms with van der Waals surface area (Å²) in [6.45, 7) is 1.34. The molecule has 0 saturated heterocycles. The van der Waals surface area contributed by atoms with Crippen LogP contribution in [0.15, 0.2) is 18.2 Å². The predicted molar refractivity (Wildman–Crippen MR) is 57.7 cm³/mol. The molecule has 0 spiro atoms. The Bertz CT molecular complexity index is 440. The minimum absolute atomic E-state index is 0.00149. The first kappa shape index (κ1) is 12.8. The second kappa shape index (κ2) is 5.20. The zero-order valence-corrected chi connectivity index (χ0v) is 9.34. The maximum absolute atomic E-state index is 10.8. The molecule has 1 aromatic rings. The fourth-order valence-electron chi connectivity index (χ4n) is 1.14. The van der Waals surface area contributed by atoms with Gasteiger partial charge in [-0.05, 0) is 25.1 Å². The second-order valence-electron chi connectivity index (χ2n) is 3.27. The summed E-state index contributed by atoms with van der Waals surface area (Å²) in [5.41, 5.74) is -0.00149. The van der Waals surface area contributed by atoms with E-state index in [-0.39, 0.29) is 17.1 Å². The molecule has 0 aliphatic rings. The highest BCUT2D eigenvalue weighted by Crippen LogP contribution is 2.29. The van der Waals surface area contributed by atoms with Gasteiger partial charge in [-0.25, -0.2) is 9.59 Å². The first-order valence-electron chi connectivity index (χ1n) is 4.76. The number of rotatable bonds is 5. The lowest BCUT2D eigenvalue weighted by Crippen LogP contribution is -2.23. The first-order chi connectivity index (χ1) is 7.95. The molecule has 92 valence electrons. The van der Waals surface area contributed by atoms with E-state index in [1.165, 1.54) is 32.2 Å². The number of benzene rings is 1. The highest BCUT2D eigenvalue weighted by Gasteiger charge is 2.17. The van der Waals surface area contributed by atoms with Crippen LogP contribution >= 0.6 is 0 Å². The van der Waals surface area contributed by atoms with E-state index in [1.807, 2.05) is 0 Å². The fraction of sp³-hybridized carbons (Fsp3) is 0.273. The number of aliphatic carboxylic acids is 1. The monoisotopic (exact) mass is 240 g/mol. The van der Waals surface area contributed by atoms with Crippen molar-refractivity contribution in [3.63, 3.8) is 0 Å². The topological polar surface area (TPSA) is 93.1 Å². The first-order valence-corrected chi connectivity index (χ1v) is 4.76. The number of carboxylic acid groups (broad SMARTS) is 2. The van der Waals surface area contributed by atoms with Crippen LogP contribution in [0.25, 0.3) is 0 Å². The molecule has 0 amide bonds. The van der Waals surface area contributed by atoms with Gasteiger partial charge >= 0.3 is 11.9 Å². The van der Waals surface area contributed by atoms with Gasteiger partial charge in [-0.3, -0.25) is 0 Å². The van der Waals surface area contributed by atoms with Crippen LogP contribution in [0.5, 0.6) is 11.5 Å². The van der Waals surface area contributed by atoms with Crippen LogP contribution in [-0.4, -0.2) is 35.4 Å². The molecule has 1 atom stereocenters. The molecule has 0 fully saturated rings. The average molecular weight is 240 g/mol. The van der Waals surface area contributed by atoms with Gasteiger partial charge in [0.2, 0.25) is 0 Å². The molecule has 1 aromatic carbocycles. The van der Waals surface area contributed by atoms with E-state index >= 15 is 0 Å². The van der Waals surface area contributed by atoms with Gasteiger partial charge in [0.15, 0.2) is 17.6 Å². The van der Waals surface area contributed by atoms with E-state index in [2.05, 4.69) is 0 Å². The van der Waals surface area contributed by atoms with Gasteiger partial charge in [0, 0.05) is 0 Å². The highest BCUT2D eigenvalue weighted by atomic mass is 16.5. The summed E-state index contributed by atoms with van der Waals surface area (Å²) < 4.78 is 10.1. The third-order valence-electron chi connectivity index (χ3n) is 2.06. The highest BCUT2D eigenvalue weighted by molar-refractivity contribution is 5.88. The van der Waals surface area contributed by atoms with Gasteiger partial charge in [-0.15, -0.1) is 0 Å². The van der Waals surface area contributed by atoms with Crippen LogP contribution < -0.4 is 9.47 Å². The van der Waals surface area contributed by atoms with Crippen LogP contribution in [0.1, 0.15) is 17.3 Å². The number of aromatic carboxylic acids is 1. The molecular formula is C11H12O6. The van der Waals surface area contributed by atoms with Crippen molar-refractivity contribution in [3.05, 3.63) is 23.8 Å². The van der Waals surface area contributed by atoms with Crippen molar-refractivity contribution < 1.29 is 29.3 Å². The molecule has 0 bridgehead atoms. The van der Waals surface area contributed by atoms with Crippen LogP contribution in [0.4, 0.5) is 0 Å². The number of hydrogen-bond acceptors (Lipinski definition) is 4. The summed E-state index contributed by atoms with van der Waals surface area (Å²) in [5.74, 6) is -1.90. The van der Waals surface area contributed by atoms with Gasteiger partial charge in [0.1, 0.15) is 0 Å². The summed E-state index contributed by atoms with van der Waals surface area (Å²) in [6.07, 6.45) is -1.09. The van der Waals surface area contributed by atoms with E-state index in [0.717, 1.165) is 0 Å². The summed E-state index contributed by atoms with van der Waals surface area (Å²) in [4.78, 5) is 21.4. The number of methoxy groups -OCH3 is 1. The number of carbonyl (C=O) groups is 2. The Hall–Kier alpha value is -2.24. The summed E-state index contributed by atoms with van der Waals surface area (Å²) in [7, 11) is 1.38. The molecule has 6 heteroatoms. The van der Waals surface area contributed by atoms with E-state index in [4.69, 9.17) is 19.7 Å². The van der Waals surface area contributed by atoms with Crippen molar-refractivity contribution >= 4 is 11.9 Å². The molecule has 1 unspecified atom stereocenters. The quantitative estimate of drug-likeness (QED) is 0.804. The Kier molecular flexibility index (Phi) is 3.92. The van der Waals surface area contributed by atoms with E-state index in [9.17, 15) is 9.59 Å². The molecule has 0 heterocycles. The van der Waals surface area contributed by atoms with E-state index in [1.54, 1.807) is 0 Å². The summed E-state index contributed by atoms with van der Waals surface area (Å²) in [5, 5.41) is 17.5. The van der Waals surface area contributed by atoms with Gasteiger partial charge < -0.3 is 19.7 Å². The molecular weight excluding hydrogens is 228 g/mol. The maximum atomic E-state index is 10.8. The Morgan fingerprint density at radius 1 is 1.24 bits per heavy atom. The van der Waals surface area contributed by atoms with Gasteiger partial charge in [0.25, 0.3) is 0 Å². The number of hydrogen-bond donors (Lipinski definition) is 2. The largest absolute Gasteiger partial charge is 0.493 e. The summed E-state index contributed by atoms with van der Waals surface area (Å²) in [6, 6.07) is 3.98. The standard InChI is InChI=1S/C11H12O6/c1-6(10(12)13)17-9-5-7(11(14)15)3-4-8(9)16-2/h3-6H,1-2H3,(H,12,13)(H,14,15). The van der Waals surface area contributed by atoms with Crippen molar-refractivity contribution in [3.8, 4) is 11.5 Å². The van der Waals surface area contributed by atoms with Crippen LogP contribution in [0.2, 0.25) is 0 Å². The Morgan fingerprint density at radius 2 is 1.88 bits per heavy atom. The Balaban J connectivity index is 3.06. The SMILES string of the molecule is COc1ccc(C(=O)O)cc1OC(C)C(=O)O. The molecule has 0 aromatic heterocycles. The normalized spacial score (nSPS) is 11.6. The number of carboxylic acids is 2. The average Bonchev–Trinajstić information content (AvgIpc) is 2.28. The van der Waals surface area contributed by atoms with Crippen LogP contribution in [-0.2, 0) is 4.79 Å². The molecule has 0 radical (unpaired) electrons. The fourth-order valence-corrected chi connectivity index (χ4v) is 1.14. The van der Waals surface area contributed by atoms with Crippen molar-refractivity contribution in [2.45, 2.75) is 13.0 Å². The molecule has 6 nitrogen and oxygen atoms in total. The molecule has 1 rings (SSSR count). The molecule has 0 aliphatic carbocycles. The van der Waals surface area contributed by atoms with Crippen LogP contribution in [0.3, 0.4) is 0 Å². The molecule has 17 heavy (non-hydrogen) atoms. The summed E-state index contributed by atoms with van der Waals surface area (Å²) >= 11 is 0. The second-order valence-corrected chi connectivity index (χ2v) is 3.27. The third-order valence-corrected chi connectivity index (χ3v) is 2.06. The van der Waals surface area contributed by atoms with Gasteiger partial charge in [0.05, 0.1) is 12.7 Å². The molecule has 0 saturated carbocycles. The van der Waals surface area contributed by atoms with Gasteiger partial charge in [-0.1, -0.05) is 0 Å². The lowest BCUT2D eigenvalue weighted by molar-refractivity contribution is -0.144. The van der Waals surface area contributed by atoms with Gasteiger partial charge in [-0.2, -0.15) is 0 Å². The van der Waals surface area contributed by atoms with Crippen molar-refractivity contribution in [1.29, 1.82) is 0 Å². The maximum Gasteiger partial charge on any atom is 0.344 e. The molecule has 2 N–H and O–H groups in total. The Labute approximate surface area is 97.4 Å². The zero-order chi connectivity index (χ0) is 13.0. The van der Waals surface area contributed by atoms with E-state index in [0.29, 0.717) is 0 Å². The lowest BCUT2D eigenvalue weighted by Gasteiger charge is -2.14. The van der Waals surface area contributed by atoms with E-state index < -0.39 is 18.0 Å². The minimum atomic E-state index is -1.15. The third kappa shape index (κ3) is 3.10. The predicted octanol–water partition coefficient (Wildman–Crippen LogP) is 1.25. The van der Waals surface area contributed by atoms with Crippen molar-refractivity contribution in [2.24, 2.45) is 0 Å².